The van der Waals surface area contributed by atoms with Gasteiger partial charge in [-0.25, -0.2) is 8.42 Å². The third-order valence-electron chi connectivity index (χ3n) is 7.02. The highest BCUT2D eigenvalue weighted by molar-refractivity contribution is 9.10. The van der Waals surface area contributed by atoms with Crippen LogP contribution in [-0.2, 0) is 32.6 Å². The number of benzene rings is 4. The van der Waals surface area contributed by atoms with E-state index in [-0.39, 0.29) is 29.5 Å². The fraction of sp³-hybridized carbons (Fsp3) is 0.212. The predicted molar refractivity (Wildman–Crippen MR) is 173 cm³/mol. The van der Waals surface area contributed by atoms with Gasteiger partial charge in [-0.05, 0) is 47.5 Å². The average molecular weight is 681 g/mol. The van der Waals surface area contributed by atoms with Gasteiger partial charge in [-0.15, -0.1) is 0 Å². The summed E-state index contributed by atoms with van der Waals surface area (Å²) in [4.78, 5) is 29.2. The second kappa shape index (κ2) is 14.9. The first kappa shape index (κ1) is 32.6. The quantitative estimate of drug-likeness (QED) is 0.212. The number of carbonyl (C=O) groups excluding carboxylic acids is 2. The van der Waals surface area contributed by atoms with Crippen LogP contribution in [0.2, 0.25) is 0 Å². The summed E-state index contributed by atoms with van der Waals surface area (Å²) in [5.41, 5.74) is 1.81. The van der Waals surface area contributed by atoms with Gasteiger partial charge in [-0.2, -0.15) is 0 Å². The molecule has 2 amide bonds. The van der Waals surface area contributed by atoms with Gasteiger partial charge in [0.2, 0.25) is 11.8 Å². The van der Waals surface area contributed by atoms with Crippen LogP contribution >= 0.6 is 15.9 Å². The zero-order valence-electron chi connectivity index (χ0n) is 24.6. The lowest BCUT2D eigenvalue weighted by Gasteiger charge is -2.33. The van der Waals surface area contributed by atoms with Crippen LogP contribution in [0, 0.1) is 0 Å². The monoisotopic (exact) mass is 679 g/mol. The number of ether oxygens (including phenoxy) is 2. The number of anilines is 1. The van der Waals surface area contributed by atoms with Crippen LogP contribution in [0.3, 0.4) is 0 Å². The summed E-state index contributed by atoms with van der Waals surface area (Å²) in [6, 6.07) is 28.3. The molecule has 0 aliphatic rings. The van der Waals surface area contributed by atoms with E-state index in [4.69, 9.17) is 9.47 Å². The van der Waals surface area contributed by atoms with E-state index in [0.29, 0.717) is 11.5 Å². The predicted octanol–water partition coefficient (Wildman–Crippen LogP) is 5.05. The molecule has 9 nitrogen and oxygen atoms in total. The second-order valence-electron chi connectivity index (χ2n) is 9.84. The van der Waals surface area contributed by atoms with Gasteiger partial charge >= 0.3 is 0 Å². The molecule has 0 bridgehead atoms. The van der Waals surface area contributed by atoms with Gasteiger partial charge < -0.3 is 19.7 Å². The van der Waals surface area contributed by atoms with Crippen molar-refractivity contribution in [2.24, 2.45) is 0 Å². The van der Waals surface area contributed by atoms with E-state index in [2.05, 4.69) is 21.2 Å². The van der Waals surface area contributed by atoms with Crippen LogP contribution in [0.1, 0.15) is 11.1 Å². The van der Waals surface area contributed by atoms with Crippen LogP contribution in [0.25, 0.3) is 0 Å². The maximum Gasteiger partial charge on any atom is 0.264 e. The standard InChI is InChI=1S/C33H34BrN3O6S/c1-35-33(39)29(20-24-11-6-4-7-12-24)36(22-25-13-10-14-26(34)19-25)32(38)23-37(44(40,41)28-15-8-5-9-16-28)27-17-18-30(42-2)31(21-27)43-3/h4-19,21,29H,20,22-23H2,1-3H3,(H,35,39)/t29-/m0/s1. The highest BCUT2D eigenvalue weighted by Crippen LogP contribution is 2.34. The van der Waals surface area contributed by atoms with Crippen molar-refractivity contribution in [1.29, 1.82) is 0 Å². The Bertz CT molecular complexity index is 1690. The summed E-state index contributed by atoms with van der Waals surface area (Å²) >= 11 is 3.48. The molecular weight excluding hydrogens is 646 g/mol. The zero-order valence-corrected chi connectivity index (χ0v) is 27.0. The molecule has 0 aromatic heterocycles. The van der Waals surface area contributed by atoms with Gasteiger partial charge in [0.05, 0.1) is 24.8 Å². The van der Waals surface area contributed by atoms with Crippen molar-refractivity contribution >= 4 is 43.5 Å². The van der Waals surface area contributed by atoms with Crippen molar-refractivity contribution in [3.05, 3.63) is 119 Å². The lowest BCUT2D eigenvalue weighted by Crippen LogP contribution is -2.53. The van der Waals surface area contributed by atoms with E-state index in [1.165, 1.54) is 44.4 Å². The second-order valence-corrected chi connectivity index (χ2v) is 12.6. The molecule has 4 aromatic rings. The van der Waals surface area contributed by atoms with Crippen molar-refractivity contribution in [1.82, 2.24) is 10.2 Å². The van der Waals surface area contributed by atoms with Gasteiger partial charge in [0.1, 0.15) is 12.6 Å². The maximum atomic E-state index is 14.4. The number of nitrogens with zero attached hydrogens (tertiary/aromatic N) is 2. The van der Waals surface area contributed by atoms with Gasteiger partial charge in [0.15, 0.2) is 11.5 Å². The lowest BCUT2D eigenvalue weighted by molar-refractivity contribution is -0.139. The van der Waals surface area contributed by atoms with E-state index < -0.39 is 28.5 Å². The first-order valence-electron chi connectivity index (χ1n) is 13.8. The minimum atomic E-state index is -4.24. The first-order valence-corrected chi connectivity index (χ1v) is 16.0. The Morgan fingerprint density at radius 1 is 0.818 bits per heavy atom. The molecule has 0 fully saturated rings. The van der Waals surface area contributed by atoms with E-state index in [1.54, 1.807) is 30.3 Å². The number of likely N-dealkylation sites (N-methyl/N-ethyl adjacent to an activating group) is 1. The summed E-state index contributed by atoms with van der Waals surface area (Å²) in [5, 5.41) is 2.68. The molecule has 230 valence electrons. The number of amides is 2. The number of methoxy groups -OCH3 is 2. The Balaban J connectivity index is 1.82. The van der Waals surface area contributed by atoms with Crippen LogP contribution in [0.4, 0.5) is 5.69 Å². The van der Waals surface area contributed by atoms with Crippen molar-refractivity contribution < 1.29 is 27.5 Å². The Morgan fingerprint density at radius 3 is 2.07 bits per heavy atom. The largest absolute Gasteiger partial charge is 0.493 e. The van der Waals surface area contributed by atoms with Crippen molar-refractivity contribution in [3.63, 3.8) is 0 Å². The molecule has 0 aliphatic carbocycles. The Kier molecular flexibility index (Phi) is 11.0. The molecule has 0 radical (unpaired) electrons. The van der Waals surface area contributed by atoms with Gasteiger partial charge in [-0.3, -0.25) is 13.9 Å². The SMILES string of the molecule is CNC(=O)[C@H](Cc1ccccc1)N(Cc1cccc(Br)c1)C(=O)CN(c1ccc(OC)c(OC)c1)S(=O)(=O)c1ccccc1. The number of sulfonamides is 1. The molecule has 4 rings (SSSR count). The minimum absolute atomic E-state index is 0.00765. The van der Waals surface area contributed by atoms with Crippen molar-refractivity contribution in [2.75, 3.05) is 32.1 Å². The Morgan fingerprint density at radius 2 is 1.45 bits per heavy atom. The number of hydrogen-bond donors (Lipinski definition) is 1. The zero-order chi connectivity index (χ0) is 31.7. The normalized spacial score (nSPS) is 11.7. The third kappa shape index (κ3) is 7.78. The smallest absolute Gasteiger partial charge is 0.264 e. The van der Waals surface area contributed by atoms with E-state index in [1.807, 2.05) is 54.6 Å². The Labute approximate surface area is 266 Å². The number of rotatable bonds is 13. The molecule has 0 saturated carbocycles. The van der Waals surface area contributed by atoms with Crippen LogP contribution in [0.15, 0.2) is 112 Å². The number of carbonyl (C=O) groups is 2. The summed E-state index contributed by atoms with van der Waals surface area (Å²) in [5.74, 6) is -0.243. The molecule has 1 atom stereocenters. The number of nitrogens with one attached hydrogen (secondary N) is 1. The average Bonchev–Trinajstić information content (AvgIpc) is 3.05. The van der Waals surface area contributed by atoms with E-state index >= 15 is 0 Å². The fourth-order valence-corrected chi connectivity index (χ4v) is 6.65. The van der Waals surface area contributed by atoms with Gasteiger partial charge in [-0.1, -0.05) is 76.6 Å². The maximum absolute atomic E-state index is 14.4. The molecule has 0 aliphatic heterocycles. The van der Waals surface area contributed by atoms with Crippen molar-refractivity contribution in [2.45, 2.75) is 23.9 Å². The summed E-state index contributed by atoms with van der Waals surface area (Å²) in [6.45, 7) is -0.517. The van der Waals surface area contributed by atoms with Crippen LogP contribution in [0.5, 0.6) is 11.5 Å². The summed E-state index contributed by atoms with van der Waals surface area (Å²) in [7, 11) is 0.198. The molecule has 0 unspecified atom stereocenters. The number of halogens is 1. The molecule has 44 heavy (non-hydrogen) atoms. The molecular formula is C33H34BrN3O6S. The molecule has 1 N–H and O–H groups in total. The van der Waals surface area contributed by atoms with E-state index in [0.717, 1.165) is 19.9 Å². The van der Waals surface area contributed by atoms with E-state index in [9.17, 15) is 18.0 Å². The third-order valence-corrected chi connectivity index (χ3v) is 9.31. The molecule has 0 saturated heterocycles. The minimum Gasteiger partial charge on any atom is -0.493 e. The van der Waals surface area contributed by atoms with Gasteiger partial charge in [0, 0.05) is 30.6 Å². The van der Waals surface area contributed by atoms with Gasteiger partial charge in [0.25, 0.3) is 10.0 Å². The topological polar surface area (TPSA) is 105 Å². The first-order chi connectivity index (χ1) is 21.2. The van der Waals surface area contributed by atoms with Crippen molar-refractivity contribution in [3.8, 4) is 11.5 Å². The van der Waals surface area contributed by atoms with Crippen LogP contribution in [-0.4, -0.2) is 59.0 Å². The Hall–Kier alpha value is -4.35. The highest BCUT2D eigenvalue weighted by atomic mass is 79.9. The fourth-order valence-electron chi connectivity index (χ4n) is 4.78. The lowest BCUT2D eigenvalue weighted by atomic mass is 10.0. The summed E-state index contributed by atoms with van der Waals surface area (Å²) in [6.07, 6.45) is 0.224. The van der Waals surface area contributed by atoms with Crippen LogP contribution < -0.4 is 19.1 Å². The summed E-state index contributed by atoms with van der Waals surface area (Å²) < 4.78 is 40.8. The molecule has 11 heteroatoms. The molecule has 4 aromatic carbocycles. The number of hydrogen-bond acceptors (Lipinski definition) is 6. The highest BCUT2D eigenvalue weighted by Gasteiger charge is 2.34. The molecule has 0 spiro atoms. The molecule has 0 heterocycles.